The molecular weight excluding hydrogens is 404 g/mol. The lowest BCUT2D eigenvalue weighted by atomic mass is 10.1. The van der Waals surface area contributed by atoms with E-state index < -0.39 is 30.4 Å². The van der Waals surface area contributed by atoms with E-state index in [-0.39, 0.29) is 22.8 Å². The summed E-state index contributed by atoms with van der Waals surface area (Å²) in [4.78, 5) is 16.7. The van der Waals surface area contributed by atoms with Crippen molar-refractivity contribution in [1.82, 2.24) is 10.6 Å². The minimum Gasteiger partial charge on any atom is -0.392 e. The Balaban J connectivity index is 1.70. The van der Waals surface area contributed by atoms with Gasteiger partial charge in [0.05, 0.1) is 12.2 Å². The fraction of sp³-hybridized carbons (Fsp3) is 0.200. The van der Waals surface area contributed by atoms with Crippen LogP contribution in [0.15, 0.2) is 59.9 Å². The summed E-state index contributed by atoms with van der Waals surface area (Å²) in [6.07, 6.45) is -2.39. The Bertz CT molecular complexity index is 972. The number of halogens is 4. The highest BCUT2D eigenvalue weighted by molar-refractivity contribution is 6.45. The van der Waals surface area contributed by atoms with E-state index in [2.05, 4.69) is 20.9 Å². The molecule has 1 unspecified atom stereocenters. The summed E-state index contributed by atoms with van der Waals surface area (Å²) < 4.78 is 51.9. The molecule has 0 radical (unpaired) electrons. The van der Waals surface area contributed by atoms with E-state index in [1.165, 1.54) is 24.5 Å². The zero-order chi connectivity index (χ0) is 21.7. The average molecular weight is 422 g/mol. The molecular formula is C20H18F4N4O2. The first kappa shape index (κ1) is 21.5. The second kappa shape index (κ2) is 9.06. The number of anilines is 1. The van der Waals surface area contributed by atoms with E-state index >= 15 is 0 Å². The van der Waals surface area contributed by atoms with Crippen molar-refractivity contribution >= 4 is 17.3 Å². The van der Waals surface area contributed by atoms with E-state index in [0.29, 0.717) is 6.54 Å². The van der Waals surface area contributed by atoms with Crippen LogP contribution in [0.3, 0.4) is 0 Å². The Morgan fingerprint density at radius 1 is 1.17 bits per heavy atom. The number of alkyl halides is 3. The molecule has 0 aliphatic carbocycles. The summed E-state index contributed by atoms with van der Waals surface area (Å²) in [6.45, 7) is -0.515. The molecule has 1 aliphatic rings. The first-order valence-corrected chi connectivity index (χ1v) is 8.87. The second-order valence-electron chi connectivity index (χ2n) is 6.42. The van der Waals surface area contributed by atoms with Gasteiger partial charge >= 0.3 is 6.18 Å². The van der Waals surface area contributed by atoms with Gasteiger partial charge in [0.25, 0.3) is 5.91 Å². The lowest BCUT2D eigenvalue weighted by molar-refractivity contribution is -0.138. The van der Waals surface area contributed by atoms with Crippen molar-refractivity contribution in [2.75, 3.05) is 5.32 Å². The van der Waals surface area contributed by atoms with Crippen molar-refractivity contribution in [3.8, 4) is 0 Å². The predicted molar refractivity (Wildman–Crippen MR) is 103 cm³/mol. The minimum absolute atomic E-state index is 0.0602. The Morgan fingerprint density at radius 3 is 2.57 bits per heavy atom. The molecule has 158 valence electrons. The van der Waals surface area contributed by atoms with Gasteiger partial charge in [0.15, 0.2) is 0 Å². The molecule has 4 N–H and O–H groups in total. The Hall–Kier alpha value is -3.24. The van der Waals surface area contributed by atoms with Crippen LogP contribution in [-0.2, 0) is 24.1 Å². The fourth-order valence-electron chi connectivity index (χ4n) is 2.85. The highest BCUT2D eigenvalue weighted by atomic mass is 19.4. The van der Waals surface area contributed by atoms with Gasteiger partial charge in [0, 0.05) is 24.6 Å². The molecule has 0 bridgehead atoms. The van der Waals surface area contributed by atoms with E-state index in [1.54, 1.807) is 12.1 Å². The van der Waals surface area contributed by atoms with Gasteiger partial charge in [-0.25, -0.2) is 4.39 Å². The molecule has 2 aromatic carbocycles. The van der Waals surface area contributed by atoms with Crippen molar-refractivity contribution in [3.05, 3.63) is 77.4 Å². The summed E-state index contributed by atoms with van der Waals surface area (Å²) in [5, 5.41) is 17.7. The summed E-state index contributed by atoms with van der Waals surface area (Å²) >= 11 is 0. The van der Waals surface area contributed by atoms with E-state index in [1.807, 2.05) is 0 Å². The van der Waals surface area contributed by atoms with Gasteiger partial charge < -0.3 is 15.7 Å². The van der Waals surface area contributed by atoms with Crippen molar-refractivity contribution in [2.24, 2.45) is 4.99 Å². The maximum Gasteiger partial charge on any atom is 0.416 e. The van der Waals surface area contributed by atoms with Crippen LogP contribution in [0.2, 0.25) is 0 Å². The van der Waals surface area contributed by atoms with Gasteiger partial charge in [-0.1, -0.05) is 12.1 Å². The molecule has 2 aromatic rings. The van der Waals surface area contributed by atoms with E-state index in [4.69, 9.17) is 0 Å². The smallest absolute Gasteiger partial charge is 0.392 e. The fourth-order valence-corrected chi connectivity index (χ4v) is 2.85. The molecule has 1 heterocycles. The number of rotatable bonds is 6. The number of amides is 1. The summed E-state index contributed by atoms with van der Waals surface area (Å²) in [6, 6.07) is 8.79. The summed E-state index contributed by atoms with van der Waals surface area (Å²) in [7, 11) is 0. The molecule has 1 aliphatic heterocycles. The molecule has 1 atom stereocenters. The number of hydrogen-bond acceptors (Lipinski definition) is 5. The normalized spacial score (nSPS) is 16.0. The largest absolute Gasteiger partial charge is 0.416 e. The van der Waals surface area contributed by atoms with Crippen LogP contribution in [0, 0.1) is 5.82 Å². The third-order valence-corrected chi connectivity index (χ3v) is 4.32. The molecule has 6 nitrogen and oxygen atoms in total. The lowest BCUT2D eigenvalue weighted by Crippen LogP contribution is -2.51. The minimum atomic E-state index is -4.61. The number of aliphatic hydroxyl groups excluding tert-OH is 1. The first-order chi connectivity index (χ1) is 14.3. The zero-order valence-electron chi connectivity index (χ0n) is 15.5. The first-order valence-electron chi connectivity index (χ1n) is 8.87. The van der Waals surface area contributed by atoms with E-state index in [9.17, 15) is 27.5 Å². The van der Waals surface area contributed by atoms with Crippen LogP contribution in [0.25, 0.3) is 0 Å². The number of nitrogens with one attached hydrogen (secondary N) is 3. The topological polar surface area (TPSA) is 85.8 Å². The van der Waals surface area contributed by atoms with Gasteiger partial charge in [-0.3, -0.25) is 15.1 Å². The van der Waals surface area contributed by atoms with Crippen LogP contribution in [0.1, 0.15) is 16.7 Å². The van der Waals surface area contributed by atoms with Crippen molar-refractivity contribution in [3.63, 3.8) is 0 Å². The molecule has 30 heavy (non-hydrogen) atoms. The van der Waals surface area contributed by atoms with Crippen molar-refractivity contribution in [1.29, 1.82) is 0 Å². The monoisotopic (exact) mass is 422 g/mol. The third-order valence-electron chi connectivity index (χ3n) is 4.32. The van der Waals surface area contributed by atoms with Crippen LogP contribution in [0.5, 0.6) is 0 Å². The number of aliphatic imine (C=N–C) groups is 1. The van der Waals surface area contributed by atoms with Gasteiger partial charge in [-0.2, -0.15) is 13.2 Å². The number of carbonyl (C=O) groups is 1. The number of carbonyl (C=O) groups excluding carboxylic acids is 1. The van der Waals surface area contributed by atoms with Crippen molar-refractivity contribution in [2.45, 2.75) is 25.5 Å². The van der Waals surface area contributed by atoms with Crippen LogP contribution in [-0.4, -0.2) is 22.9 Å². The number of hydrogen-bond donors (Lipinski definition) is 4. The van der Waals surface area contributed by atoms with Crippen LogP contribution < -0.4 is 16.0 Å². The summed E-state index contributed by atoms with van der Waals surface area (Å²) in [5.74, 6) is -0.995. The maximum absolute atomic E-state index is 13.0. The molecule has 10 heteroatoms. The number of nitrogens with zero attached hydrogens (tertiary/aromatic N) is 1. The summed E-state index contributed by atoms with van der Waals surface area (Å²) in [5.41, 5.74) is -0.393. The molecule has 3 rings (SSSR count). The molecule has 1 amide bonds. The van der Waals surface area contributed by atoms with Crippen LogP contribution >= 0.6 is 0 Å². The van der Waals surface area contributed by atoms with Gasteiger partial charge in [0.2, 0.25) is 0 Å². The Labute approximate surface area is 169 Å². The predicted octanol–water partition coefficient (Wildman–Crippen LogP) is 2.91. The number of benzene rings is 2. The van der Waals surface area contributed by atoms with Gasteiger partial charge in [-0.15, -0.1) is 0 Å². The Kier molecular flexibility index (Phi) is 6.48. The quantitative estimate of drug-likeness (QED) is 0.540. The highest BCUT2D eigenvalue weighted by Gasteiger charge is 2.33. The maximum atomic E-state index is 13.0. The second-order valence-corrected chi connectivity index (χ2v) is 6.42. The third kappa shape index (κ3) is 5.22. The zero-order valence-corrected chi connectivity index (χ0v) is 15.5. The van der Waals surface area contributed by atoms with E-state index in [0.717, 1.165) is 23.8 Å². The van der Waals surface area contributed by atoms with Gasteiger partial charge in [0.1, 0.15) is 17.7 Å². The van der Waals surface area contributed by atoms with Crippen LogP contribution in [0.4, 0.5) is 23.2 Å². The highest BCUT2D eigenvalue weighted by Crippen LogP contribution is 2.33. The van der Waals surface area contributed by atoms with Crippen molar-refractivity contribution < 1.29 is 27.5 Å². The molecule has 0 aromatic heterocycles. The lowest BCUT2D eigenvalue weighted by Gasteiger charge is -2.23. The molecule has 0 fully saturated rings. The average Bonchev–Trinajstić information content (AvgIpc) is 2.72. The SMILES string of the molecule is O=C(Nc1ccc(C(F)(F)F)c(CO)c1)C1=NC=CNC1NCc1ccc(F)cc1. The standard InChI is InChI=1S/C20H18F4N4O2/c21-14-3-1-12(2-4-14)10-27-18-17(25-7-8-26-18)19(30)28-15-5-6-16(20(22,23)24)13(9-15)11-29/h1-9,18,26-27,29H,10-11H2,(H,28,30). The van der Waals surface area contributed by atoms with Gasteiger partial charge in [-0.05, 0) is 41.5 Å². The molecule has 0 saturated heterocycles. The Morgan fingerprint density at radius 2 is 1.90 bits per heavy atom. The number of aliphatic hydroxyl groups is 1. The molecule has 0 saturated carbocycles. The molecule has 0 spiro atoms.